The summed E-state index contributed by atoms with van der Waals surface area (Å²) in [7, 11) is -2.31. The number of nitrogens with two attached hydrogens (primary N) is 1. The Labute approximate surface area is 158 Å². The lowest BCUT2D eigenvalue weighted by Gasteiger charge is -2.09. The molecule has 0 bridgehead atoms. The van der Waals surface area contributed by atoms with Crippen LogP contribution >= 0.6 is 0 Å². The summed E-state index contributed by atoms with van der Waals surface area (Å²) < 4.78 is 33.9. The third kappa shape index (κ3) is 5.57. The third-order valence-electron chi connectivity index (χ3n) is 3.68. The first kappa shape index (κ1) is 20.5. The maximum Gasteiger partial charge on any atom is 0.248 e. The summed E-state index contributed by atoms with van der Waals surface area (Å²) in [4.78, 5) is 12.1. The molecule has 0 radical (unpaired) electrons. The van der Waals surface area contributed by atoms with Gasteiger partial charge in [-0.3, -0.25) is 4.79 Å². The van der Waals surface area contributed by atoms with Gasteiger partial charge in [-0.1, -0.05) is 12.1 Å². The van der Waals surface area contributed by atoms with Crippen molar-refractivity contribution in [2.75, 3.05) is 19.0 Å². The molecule has 2 aromatic carbocycles. The Kier molecular flexibility index (Phi) is 6.59. The number of hydrogen-bond donors (Lipinski definition) is 2. The van der Waals surface area contributed by atoms with E-state index in [0.717, 1.165) is 5.56 Å². The average Bonchev–Trinajstić information content (AvgIpc) is 2.61. The molecule has 0 unspecified atom stereocenters. The minimum Gasteiger partial charge on any atom is -0.493 e. The molecule has 144 valence electrons. The van der Waals surface area contributed by atoms with Crippen molar-refractivity contribution < 1.29 is 22.7 Å². The van der Waals surface area contributed by atoms with Crippen LogP contribution in [0.3, 0.4) is 0 Å². The Morgan fingerprint density at radius 2 is 1.93 bits per heavy atom. The van der Waals surface area contributed by atoms with E-state index in [-0.39, 0.29) is 4.90 Å². The van der Waals surface area contributed by atoms with Crippen molar-refractivity contribution in [3.63, 3.8) is 0 Å². The van der Waals surface area contributed by atoms with E-state index in [1.807, 2.05) is 6.92 Å². The number of methoxy groups -OCH3 is 1. The quantitative estimate of drug-likeness (QED) is 0.707. The lowest BCUT2D eigenvalue weighted by molar-refractivity contribution is -0.111. The fraction of sp³-hybridized carbons (Fsp3) is 0.211. The summed E-state index contributed by atoms with van der Waals surface area (Å²) in [5.41, 5.74) is 1.60. The van der Waals surface area contributed by atoms with Crippen molar-refractivity contribution in [3.8, 4) is 11.5 Å². The predicted octanol–water partition coefficient (Wildman–Crippen LogP) is 2.70. The van der Waals surface area contributed by atoms with Crippen LogP contribution in [0.5, 0.6) is 11.5 Å². The van der Waals surface area contributed by atoms with Gasteiger partial charge in [0.05, 0.1) is 18.6 Å². The molecule has 0 saturated heterocycles. The molecule has 0 aromatic heterocycles. The highest BCUT2D eigenvalue weighted by atomic mass is 32.2. The Hall–Kier alpha value is -2.84. The van der Waals surface area contributed by atoms with Crippen molar-refractivity contribution in [1.82, 2.24) is 0 Å². The minimum absolute atomic E-state index is 0.0270. The van der Waals surface area contributed by atoms with Gasteiger partial charge in [0.15, 0.2) is 11.5 Å². The Morgan fingerprint density at radius 3 is 2.56 bits per heavy atom. The summed E-state index contributed by atoms with van der Waals surface area (Å²) in [5, 5.41) is 7.79. The fourth-order valence-corrected chi connectivity index (χ4v) is 3.21. The third-order valence-corrected chi connectivity index (χ3v) is 4.73. The number of primary sulfonamides is 1. The SMILES string of the molecule is CCOc1cc(/C=C/C(=O)Nc2ccc(C)c(S(N)(=O)=O)c2)ccc1OC. The smallest absolute Gasteiger partial charge is 0.248 e. The van der Waals surface area contributed by atoms with Crippen LogP contribution < -0.4 is 19.9 Å². The van der Waals surface area contributed by atoms with E-state index in [2.05, 4.69) is 5.32 Å². The molecule has 3 N–H and O–H groups in total. The number of amides is 1. The fourth-order valence-electron chi connectivity index (χ4n) is 2.41. The van der Waals surface area contributed by atoms with Crippen molar-refractivity contribution in [2.24, 2.45) is 5.14 Å². The van der Waals surface area contributed by atoms with E-state index in [1.165, 1.54) is 12.1 Å². The number of benzene rings is 2. The Morgan fingerprint density at radius 1 is 1.19 bits per heavy atom. The highest BCUT2D eigenvalue weighted by molar-refractivity contribution is 7.89. The maximum absolute atomic E-state index is 12.1. The normalized spacial score (nSPS) is 11.4. The predicted molar refractivity (Wildman–Crippen MR) is 104 cm³/mol. The summed E-state index contributed by atoms with van der Waals surface area (Å²) in [6.45, 7) is 3.99. The van der Waals surface area contributed by atoms with Gasteiger partial charge in [0.2, 0.25) is 15.9 Å². The topological polar surface area (TPSA) is 108 Å². The van der Waals surface area contributed by atoms with Gasteiger partial charge in [-0.15, -0.1) is 0 Å². The van der Waals surface area contributed by atoms with Gasteiger partial charge >= 0.3 is 0 Å². The maximum atomic E-state index is 12.1. The number of sulfonamides is 1. The Balaban J connectivity index is 2.15. The van der Waals surface area contributed by atoms with E-state index in [9.17, 15) is 13.2 Å². The molecule has 0 aliphatic heterocycles. The number of carbonyl (C=O) groups is 1. The largest absolute Gasteiger partial charge is 0.493 e. The Bertz CT molecular complexity index is 968. The second kappa shape index (κ2) is 8.70. The lowest BCUT2D eigenvalue weighted by Crippen LogP contribution is -2.15. The molecule has 0 spiro atoms. The van der Waals surface area contributed by atoms with Crippen LogP contribution in [0.15, 0.2) is 47.4 Å². The molecule has 2 rings (SSSR count). The van der Waals surface area contributed by atoms with Crippen molar-refractivity contribution in [2.45, 2.75) is 18.7 Å². The van der Waals surface area contributed by atoms with Crippen LogP contribution in [0.25, 0.3) is 6.08 Å². The van der Waals surface area contributed by atoms with Gasteiger partial charge in [-0.2, -0.15) is 0 Å². The average molecular weight is 390 g/mol. The molecule has 8 heteroatoms. The number of ether oxygens (including phenoxy) is 2. The second-order valence-electron chi connectivity index (χ2n) is 5.69. The molecule has 27 heavy (non-hydrogen) atoms. The highest BCUT2D eigenvalue weighted by Crippen LogP contribution is 2.28. The molecule has 1 amide bonds. The number of rotatable bonds is 7. The number of nitrogens with one attached hydrogen (secondary N) is 1. The number of hydrogen-bond acceptors (Lipinski definition) is 5. The van der Waals surface area contributed by atoms with Crippen LogP contribution in [0, 0.1) is 6.92 Å². The zero-order valence-electron chi connectivity index (χ0n) is 15.4. The molecular weight excluding hydrogens is 368 g/mol. The molecule has 0 aliphatic rings. The number of carbonyl (C=O) groups excluding carboxylic acids is 1. The zero-order valence-corrected chi connectivity index (χ0v) is 16.2. The standard InChI is InChI=1S/C19H22N2O5S/c1-4-26-17-11-14(6-9-16(17)25-3)7-10-19(22)21-15-8-5-13(2)18(12-15)27(20,23)24/h5-12H,4H2,1-3H3,(H,21,22)(H2,20,23,24)/b10-7+. The van der Waals surface area contributed by atoms with E-state index in [0.29, 0.717) is 29.4 Å². The summed E-state index contributed by atoms with van der Waals surface area (Å²) in [6.07, 6.45) is 2.96. The monoisotopic (exact) mass is 390 g/mol. The molecule has 7 nitrogen and oxygen atoms in total. The number of anilines is 1. The minimum atomic E-state index is -3.86. The molecule has 0 fully saturated rings. The van der Waals surface area contributed by atoms with E-state index in [4.69, 9.17) is 14.6 Å². The molecule has 0 atom stereocenters. The first-order valence-corrected chi connectivity index (χ1v) is 9.72. The number of aryl methyl sites for hydroxylation is 1. The van der Waals surface area contributed by atoms with Crippen LogP contribution in [0.2, 0.25) is 0 Å². The summed E-state index contributed by atoms with van der Waals surface area (Å²) in [6, 6.07) is 9.82. The van der Waals surface area contributed by atoms with Gasteiger partial charge in [-0.05, 0) is 55.3 Å². The lowest BCUT2D eigenvalue weighted by atomic mass is 10.2. The van der Waals surface area contributed by atoms with E-state index >= 15 is 0 Å². The van der Waals surface area contributed by atoms with Crippen LogP contribution in [-0.2, 0) is 14.8 Å². The van der Waals surface area contributed by atoms with Crippen molar-refractivity contribution >= 4 is 27.7 Å². The first-order valence-electron chi connectivity index (χ1n) is 8.18. The van der Waals surface area contributed by atoms with Crippen molar-refractivity contribution in [3.05, 3.63) is 53.6 Å². The van der Waals surface area contributed by atoms with Gasteiger partial charge in [0.1, 0.15) is 0 Å². The second-order valence-corrected chi connectivity index (χ2v) is 7.22. The van der Waals surface area contributed by atoms with Gasteiger partial charge in [-0.25, -0.2) is 13.6 Å². The zero-order chi connectivity index (χ0) is 20.0. The van der Waals surface area contributed by atoms with Crippen LogP contribution in [-0.4, -0.2) is 28.0 Å². The molecule has 0 saturated carbocycles. The van der Waals surface area contributed by atoms with Gasteiger partial charge in [0.25, 0.3) is 0 Å². The first-order chi connectivity index (χ1) is 12.7. The molecule has 0 heterocycles. The van der Waals surface area contributed by atoms with Crippen molar-refractivity contribution in [1.29, 1.82) is 0 Å². The van der Waals surface area contributed by atoms with Gasteiger partial charge in [0, 0.05) is 11.8 Å². The van der Waals surface area contributed by atoms with E-state index in [1.54, 1.807) is 50.4 Å². The van der Waals surface area contributed by atoms with E-state index < -0.39 is 15.9 Å². The molecular formula is C19H22N2O5S. The molecule has 2 aromatic rings. The van der Waals surface area contributed by atoms with Gasteiger partial charge < -0.3 is 14.8 Å². The summed E-state index contributed by atoms with van der Waals surface area (Å²) in [5.74, 6) is 0.778. The summed E-state index contributed by atoms with van der Waals surface area (Å²) >= 11 is 0. The van der Waals surface area contributed by atoms with Crippen LogP contribution in [0.1, 0.15) is 18.1 Å². The molecule has 0 aliphatic carbocycles. The highest BCUT2D eigenvalue weighted by Gasteiger charge is 2.12. The van der Waals surface area contributed by atoms with Crippen LogP contribution in [0.4, 0.5) is 5.69 Å².